The number of aliphatic hydroxyl groups excluding tert-OH is 1. The summed E-state index contributed by atoms with van der Waals surface area (Å²) in [5, 5.41) is 10.5. The van der Waals surface area contributed by atoms with E-state index in [9.17, 15) is 5.11 Å². The van der Waals surface area contributed by atoms with Crippen LogP contribution < -0.4 is 5.73 Å². The van der Waals surface area contributed by atoms with Gasteiger partial charge in [-0.1, -0.05) is 0 Å². The quantitative estimate of drug-likeness (QED) is 0.687. The zero-order valence-corrected chi connectivity index (χ0v) is 16.6. The van der Waals surface area contributed by atoms with E-state index in [4.69, 9.17) is 16.6 Å². The Hall–Kier alpha value is -0.941. The molecule has 0 aliphatic carbocycles. The predicted octanol–water partition coefficient (Wildman–Crippen LogP) is 1.17. The molecule has 0 radical (unpaired) electrons. The average Bonchev–Trinajstić information content (AvgIpc) is 3.26. The Morgan fingerprint density at radius 3 is 2.71 bits per heavy atom. The number of nitrogens with zero attached hydrogens (tertiary/aromatic N) is 3. The number of aromatic nitrogens is 3. The molecule has 24 heavy (non-hydrogen) atoms. The van der Waals surface area contributed by atoms with Crippen LogP contribution in [0.25, 0.3) is 11.0 Å². The molecule has 4 unspecified atom stereocenters. The standard InChI is InChI=1S/C11H12N4O4.2C2H5.Sn/c12-9-5-1-2-15(10(5)14-4-13-9)11-8(18)7(17)6(3-16)19-11;2*1-2;/h1-2,4,6-8,11,16H,3H2,(H2,12,13,14);2*1H2,2H3;/q-2;;;+2. The summed E-state index contributed by atoms with van der Waals surface area (Å²) in [4.78, 5) is 8.36. The number of ether oxygens (including phenoxy) is 1. The van der Waals surface area contributed by atoms with Gasteiger partial charge in [0.05, 0.1) is 0 Å². The van der Waals surface area contributed by atoms with Gasteiger partial charge in [0.2, 0.25) is 0 Å². The fourth-order valence-electron chi connectivity index (χ4n) is 3.65. The van der Waals surface area contributed by atoms with E-state index in [-0.39, 0.29) is 31.1 Å². The minimum atomic E-state index is -3.05. The monoisotopic (exact) mass is 442 g/mol. The van der Waals surface area contributed by atoms with Crippen molar-refractivity contribution in [2.24, 2.45) is 0 Å². The van der Waals surface area contributed by atoms with Crippen molar-refractivity contribution in [3.05, 3.63) is 18.6 Å². The van der Waals surface area contributed by atoms with Gasteiger partial charge in [0.25, 0.3) is 0 Å². The van der Waals surface area contributed by atoms with Gasteiger partial charge in [-0.2, -0.15) is 0 Å². The molecule has 3 N–H and O–H groups in total. The van der Waals surface area contributed by atoms with Crippen molar-refractivity contribution in [3.8, 4) is 0 Å². The first-order valence-corrected chi connectivity index (χ1v) is 14.7. The molecular weight excluding hydrogens is 419 g/mol. The van der Waals surface area contributed by atoms with Crippen LogP contribution in [0.4, 0.5) is 5.82 Å². The zero-order chi connectivity index (χ0) is 16.9. The molecule has 9 heteroatoms. The Balaban J connectivity index is 1.74. The van der Waals surface area contributed by atoms with E-state index in [0.717, 1.165) is 14.3 Å². The van der Waals surface area contributed by atoms with Crippen LogP contribution in [0.3, 0.4) is 0 Å². The molecule has 4 heterocycles. The topological polar surface area (TPSA) is 105 Å². The van der Waals surface area contributed by atoms with E-state index in [2.05, 4.69) is 23.8 Å². The van der Waals surface area contributed by atoms with Crippen LogP contribution in [0.1, 0.15) is 20.1 Å². The van der Waals surface area contributed by atoms with Crippen molar-refractivity contribution in [1.29, 1.82) is 0 Å². The second-order valence-corrected chi connectivity index (χ2v) is 16.8. The van der Waals surface area contributed by atoms with Crippen molar-refractivity contribution in [3.63, 3.8) is 0 Å². The maximum absolute atomic E-state index is 9.71. The third-order valence-corrected chi connectivity index (χ3v) is 15.2. The first-order chi connectivity index (χ1) is 11.6. The molecule has 0 spiro atoms. The van der Waals surface area contributed by atoms with E-state index < -0.39 is 19.2 Å². The van der Waals surface area contributed by atoms with Crippen LogP contribution in [-0.2, 0) is 10.9 Å². The summed E-state index contributed by atoms with van der Waals surface area (Å²) in [6.07, 6.45) is 2.13. The molecule has 0 aromatic carbocycles. The summed E-state index contributed by atoms with van der Waals surface area (Å²) in [5.41, 5.74) is 6.63. The van der Waals surface area contributed by atoms with Gasteiger partial charge in [-0.25, -0.2) is 0 Å². The maximum atomic E-state index is 9.71. The molecular formula is C15H22N4O4Sn. The Kier molecular flexibility index (Phi) is 4.20. The number of nitrogens with two attached hydrogens (primary N) is 1. The van der Waals surface area contributed by atoms with Crippen molar-refractivity contribution in [2.75, 3.05) is 12.3 Å². The molecule has 2 aliphatic heterocycles. The Morgan fingerprint density at radius 2 is 2.00 bits per heavy atom. The predicted molar refractivity (Wildman–Crippen MR) is 89.4 cm³/mol. The Bertz CT molecular complexity index is 750. The Labute approximate surface area is 144 Å². The summed E-state index contributed by atoms with van der Waals surface area (Å²) in [6, 6.07) is 1.88. The molecule has 2 aromatic rings. The van der Waals surface area contributed by atoms with Crippen molar-refractivity contribution < 1.29 is 16.0 Å². The molecule has 130 valence electrons. The number of fused-ring (bicyclic) bond motifs is 2. The van der Waals surface area contributed by atoms with Crippen LogP contribution in [0, 0.1) is 0 Å². The summed E-state index contributed by atoms with van der Waals surface area (Å²) < 4.78 is 22.7. The fourth-order valence-corrected chi connectivity index (χ4v) is 11.5. The van der Waals surface area contributed by atoms with Gasteiger partial charge in [-0.05, 0) is 0 Å². The summed E-state index contributed by atoms with van der Waals surface area (Å²) in [5.74, 6) is 0.436. The minimum absolute atomic E-state index is 0.0905. The van der Waals surface area contributed by atoms with Crippen molar-refractivity contribution >= 4 is 36.1 Å². The van der Waals surface area contributed by atoms with Crippen LogP contribution in [0.5, 0.6) is 0 Å². The molecule has 0 amide bonds. The van der Waals surface area contributed by atoms with Crippen LogP contribution in [-0.4, -0.2) is 63.8 Å². The van der Waals surface area contributed by atoms with Gasteiger partial charge in [0, 0.05) is 0 Å². The SMILES string of the molecule is C[CH2][Sn]1([CH2]C)[O]C2C(CO)OC(n3ccc4c(N)ncnc43)C2[O]1. The van der Waals surface area contributed by atoms with E-state index >= 15 is 0 Å². The van der Waals surface area contributed by atoms with E-state index in [1.165, 1.54) is 6.33 Å². The molecule has 2 aliphatic rings. The molecule has 0 saturated carbocycles. The molecule has 0 bridgehead atoms. The van der Waals surface area contributed by atoms with E-state index in [1.807, 2.05) is 16.8 Å². The third-order valence-electron chi connectivity index (χ3n) is 5.06. The van der Waals surface area contributed by atoms with E-state index in [0.29, 0.717) is 11.5 Å². The van der Waals surface area contributed by atoms with Crippen molar-refractivity contribution in [2.45, 2.75) is 47.3 Å². The number of anilines is 1. The van der Waals surface area contributed by atoms with Gasteiger partial charge in [-0.3, -0.25) is 0 Å². The number of hydrogen-bond acceptors (Lipinski definition) is 7. The van der Waals surface area contributed by atoms with Crippen LogP contribution >= 0.6 is 0 Å². The van der Waals surface area contributed by atoms with Gasteiger partial charge < -0.3 is 0 Å². The molecule has 4 rings (SSSR count). The van der Waals surface area contributed by atoms with Crippen LogP contribution in [0.15, 0.2) is 18.6 Å². The number of aliphatic hydroxyl groups is 1. The van der Waals surface area contributed by atoms with Crippen LogP contribution in [0.2, 0.25) is 8.87 Å². The molecule has 2 saturated heterocycles. The number of hydrogen-bond donors (Lipinski definition) is 2. The molecule has 4 atom stereocenters. The normalized spacial score (nSPS) is 31.6. The van der Waals surface area contributed by atoms with Gasteiger partial charge in [0.15, 0.2) is 0 Å². The molecule has 8 nitrogen and oxygen atoms in total. The fraction of sp³-hybridized carbons (Fsp3) is 0.600. The van der Waals surface area contributed by atoms with E-state index in [1.54, 1.807) is 0 Å². The average molecular weight is 441 g/mol. The molecule has 2 fully saturated rings. The third kappa shape index (κ3) is 2.35. The van der Waals surface area contributed by atoms with Gasteiger partial charge in [-0.15, -0.1) is 0 Å². The van der Waals surface area contributed by atoms with Gasteiger partial charge >= 0.3 is 145 Å². The van der Waals surface area contributed by atoms with Gasteiger partial charge in [0.1, 0.15) is 0 Å². The summed E-state index contributed by atoms with van der Waals surface area (Å²) >= 11 is -3.05. The number of rotatable bonds is 4. The first kappa shape index (κ1) is 16.5. The first-order valence-electron chi connectivity index (χ1n) is 8.31. The second kappa shape index (κ2) is 6.10. The Morgan fingerprint density at radius 1 is 1.25 bits per heavy atom. The molecule has 2 aromatic heterocycles. The summed E-state index contributed by atoms with van der Waals surface area (Å²) in [6.45, 7) is 4.17. The van der Waals surface area contributed by atoms with Crippen molar-refractivity contribution in [1.82, 2.24) is 14.5 Å². The number of nitrogen functional groups attached to an aromatic ring is 1. The summed E-state index contributed by atoms with van der Waals surface area (Å²) in [7, 11) is 0. The zero-order valence-electron chi connectivity index (χ0n) is 13.8. The second-order valence-electron chi connectivity index (χ2n) is 6.25.